The van der Waals surface area contributed by atoms with Gasteiger partial charge in [0.25, 0.3) is 5.91 Å². The number of oxime groups is 1. The first kappa shape index (κ1) is 16.7. The Morgan fingerprint density at radius 3 is 2.83 bits per heavy atom. The quantitative estimate of drug-likeness (QED) is 0.603. The average Bonchev–Trinajstić information content (AvgIpc) is 2.58. The summed E-state index contributed by atoms with van der Waals surface area (Å²) in [5.41, 5.74) is 6.02. The molecule has 0 spiro atoms. The Hall–Kier alpha value is -2.66. The van der Waals surface area contributed by atoms with Gasteiger partial charge in [-0.1, -0.05) is 5.16 Å². The molecule has 1 aromatic heterocycles. The number of pyridine rings is 1. The number of nitrogens with two attached hydrogens (primary N) is 1. The van der Waals surface area contributed by atoms with Crippen LogP contribution in [0, 0.1) is 11.3 Å². The van der Waals surface area contributed by atoms with Crippen LogP contribution in [0.1, 0.15) is 12.5 Å². The molecule has 0 saturated carbocycles. The predicted octanol–water partition coefficient (Wildman–Crippen LogP) is -0.0485. The van der Waals surface area contributed by atoms with Gasteiger partial charge in [-0.3, -0.25) is 4.79 Å². The van der Waals surface area contributed by atoms with Crippen LogP contribution in [0.5, 0.6) is 0 Å². The summed E-state index contributed by atoms with van der Waals surface area (Å²) < 4.78 is 0. The highest BCUT2D eigenvalue weighted by atomic mass is 16.6. The molecule has 1 aliphatic rings. The van der Waals surface area contributed by atoms with Crippen LogP contribution in [-0.2, 0) is 9.63 Å². The van der Waals surface area contributed by atoms with Gasteiger partial charge in [-0.05, 0) is 19.1 Å². The normalized spacial score (nSPS) is 16.2. The number of anilines is 1. The molecule has 122 valence electrons. The summed E-state index contributed by atoms with van der Waals surface area (Å²) in [6.45, 7) is 4.26. The maximum absolute atomic E-state index is 12.0. The van der Waals surface area contributed by atoms with Gasteiger partial charge >= 0.3 is 0 Å². The van der Waals surface area contributed by atoms with Crippen LogP contribution in [-0.4, -0.2) is 60.8 Å². The minimum absolute atomic E-state index is 0.0850. The highest BCUT2D eigenvalue weighted by Gasteiger charge is 2.22. The minimum atomic E-state index is -0.200. The third kappa shape index (κ3) is 4.93. The number of hydrogen-bond donors (Lipinski definition) is 1. The maximum atomic E-state index is 12.0. The number of piperazine rings is 1. The zero-order chi connectivity index (χ0) is 16.7. The topological polar surface area (TPSA) is 108 Å². The lowest BCUT2D eigenvalue weighted by Crippen LogP contribution is -2.49. The van der Waals surface area contributed by atoms with E-state index in [0.717, 1.165) is 5.82 Å². The largest absolute Gasteiger partial charge is 0.386 e. The van der Waals surface area contributed by atoms with Crippen LogP contribution in [0.3, 0.4) is 0 Å². The molecule has 2 N–H and O–H groups in total. The number of hydrogen-bond acceptors (Lipinski definition) is 7. The molecule has 0 aliphatic carbocycles. The maximum Gasteiger partial charge on any atom is 0.263 e. The van der Waals surface area contributed by atoms with Crippen molar-refractivity contribution in [3.63, 3.8) is 0 Å². The molecule has 1 unspecified atom stereocenters. The smallest absolute Gasteiger partial charge is 0.263 e. The van der Waals surface area contributed by atoms with Crippen molar-refractivity contribution in [1.82, 2.24) is 9.88 Å². The number of rotatable bonds is 5. The number of carbonyl (C=O) groups is 1. The van der Waals surface area contributed by atoms with Gasteiger partial charge in [0.1, 0.15) is 11.9 Å². The fourth-order valence-corrected chi connectivity index (χ4v) is 2.15. The van der Waals surface area contributed by atoms with Gasteiger partial charge in [0, 0.05) is 38.4 Å². The molecule has 0 bridgehead atoms. The molecule has 1 amide bonds. The van der Waals surface area contributed by atoms with Crippen LogP contribution < -0.4 is 10.6 Å². The van der Waals surface area contributed by atoms with Crippen molar-refractivity contribution in [2.24, 2.45) is 10.9 Å². The molecule has 0 radical (unpaired) electrons. The summed E-state index contributed by atoms with van der Waals surface area (Å²) in [7, 11) is 0. The number of nitriles is 1. The summed E-state index contributed by atoms with van der Waals surface area (Å²) in [5.74, 6) is 0.716. The summed E-state index contributed by atoms with van der Waals surface area (Å²) in [6.07, 6.45) is 3.00. The molecule has 1 aromatic rings. The van der Waals surface area contributed by atoms with Crippen molar-refractivity contribution in [1.29, 1.82) is 5.26 Å². The molecule has 2 heterocycles. The van der Waals surface area contributed by atoms with Gasteiger partial charge in [0.2, 0.25) is 0 Å². The second-order valence-electron chi connectivity index (χ2n) is 5.27. The molecule has 1 aliphatic heterocycles. The zero-order valence-electron chi connectivity index (χ0n) is 13.1. The molecular formula is C15H20N6O2. The molecule has 2 rings (SSSR count). The van der Waals surface area contributed by atoms with E-state index in [-0.39, 0.29) is 18.6 Å². The van der Waals surface area contributed by atoms with E-state index in [0.29, 0.717) is 31.7 Å². The van der Waals surface area contributed by atoms with Crippen molar-refractivity contribution in [3.05, 3.63) is 23.9 Å². The van der Waals surface area contributed by atoms with Crippen molar-refractivity contribution in [2.45, 2.75) is 13.0 Å². The van der Waals surface area contributed by atoms with Gasteiger partial charge in [-0.25, -0.2) is 4.98 Å². The van der Waals surface area contributed by atoms with Crippen LogP contribution in [0.2, 0.25) is 0 Å². The minimum Gasteiger partial charge on any atom is -0.386 e. The van der Waals surface area contributed by atoms with E-state index in [2.05, 4.69) is 15.0 Å². The highest BCUT2D eigenvalue weighted by molar-refractivity contribution is 5.77. The molecule has 8 nitrogen and oxygen atoms in total. The molecule has 1 atom stereocenters. The van der Waals surface area contributed by atoms with E-state index in [9.17, 15) is 4.79 Å². The first-order valence-corrected chi connectivity index (χ1v) is 7.40. The third-order valence-electron chi connectivity index (χ3n) is 3.39. The number of nitrogens with zero attached hydrogens (tertiary/aromatic N) is 5. The fraction of sp³-hybridized carbons (Fsp3) is 0.467. The SMILES string of the molecule is CC(N)/C=N/OCC(=O)N1CCN(c2ccc(C#N)cn2)CC1. The lowest BCUT2D eigenvalue weighted by molar-refractivity contribution is -0.136. The van der Waals surface area contributed by atoms with Crippen molar-refractivity contribution >= 4 is 17.9 Å². The van der Waals surface area contributed by atoms with Crippen LogP contribution >= 0.6 is 0 Å². The van der Waals surface area contributed by atoms with Crippen molar-refractivity contribution in [3.8, 4) is 6.07 Å². The van der Waals surface area contributed by atoms with E-state index in [1.165, 1.54) is 6.21 Å². The standard InChI is InChI=1S/C15H20N6O2/c1-12(17)9-19-23-11-15(22)21-6-4-20(5-7-21)14-3-2-13(8-16)10-18-14/h2-3,9-10,12H,4-7,11,17H2,1H3/b19-9+. The predicted molar refractivity (Wildman–Crippen MR) is 85.8 cm³/mol. The summed E-state index contributed by atoms with van der Waals surface area (Å²) in [5, 5.41) is 12.4. The Morgan fingerprint density at radius 1 is 1.52 bits per heavy atom. The van der Waals surface area contributed by atoms with Gasteiger partial charge in [-0.2, -0.15) is 5.26 Å². The fourth-order valence-electron chi connectivity index (χ4n) is 2.15. The molecule has 1 saturated heterocycles. The first-order valence-electron chi connectivity index (χ1n) is 7.40. The Bertz CT molecular complexity index is 585. The van der Waals surface area contributed by atoms with Crippen molar-refractivity contribution < 1.29 is 9.63 Å². The average molecular weight is 316 g/mol. The number of amides is 1. The molecule has 1 fully saturated rings. The number of carbonyl (C=O) groups excluding carboxylic acids is 1. The third-order valence-corrected chi connectivity index (χ3v) is 3.39. The monoisotopic (exact) mass is 316 g/mol. The Morgan fingerprint density at radius 2 is 2.26 bits per heavy atom. The Balaban J connectivity index is 1.78. The molecular weight excluding hydrogens is 296 g/mol. The van der Waals surface area contributed by atoms with E-state index in [4.69, 9.17) is 15.8 Å². The Labute approximate surface area is 135 Å². The first-order chi connectivity index (χ1) is 11.1. The van der Waals surface area contributed by atoms with Crippen molar-refractivity contribution in [2.75, 3.05) is 37.7 Å². The van der Waals surface area contributed by atoms with Crippen LogP contribution in [0.15, 0.2) is 23.5 Å². The van der Waals surface area contributed by atoms with Gasteiger partial charge in [0.05, 0.1) is 11.8 Å². The molecule has 0 aromatic carbocycles. The summed E-state index contributed by atoms with van der Waals surface area (Å²) in [6, 6.07) is 5.40. The molecule has 23 heavy (non-hydrogen) atoms. The van der Waals surface area contributed by atoms with Crippen LogP contribution in [0.25, 0.3) is 0 Å². The van der Waals surface area contributed by atoms with Gasteiger partial charge in [0.15, 0.2) is 6.61 Å². The highest BCUT2D eigenvalue weighted by Crippen LogP contribution is 2.14. The zero-order valence-corrected chi connectivity index (χ0v) is 13.1. The lowest BCUT2D eigenvalue weighted by Gasteiger charge is -2.35. The number of aromatic nitrogens is 1. The summed E-state index contributed by atoms with van der Waals surface area (Å²) in [4.78, 5) is 25.0. The van der Waals surface area contributed by atoms with Gasteiger partial charge < -0.3 is 20.4 Å². The van der Waals surface area contributed by atoms with E-state index in [1.54, 1.807) is 24.1 Å². The van der Waals surface area contributed by atoms with Gasteiger partial charge in [-0.15, -0.1) is 0 Å². The van der Waals surface area contributed by atoms with E-state index in [1.807, 2.05) is 12.1 Å². The molecule has 8 heteroatoms. The summed E-state index contributed by atoms with van der Waals surface area (Å²) >= 11 is 0. The second-order valence-corrected chi connectivity index (χ2v) is 5.27. The lowest BCUT2D eigenvalue weighted by atomic mass is 10.2. The Kier molecular flexibility index (Phi) is 5.88. The van der Waals surface area contributed by atoms with E-state index < -0.39 is 0 Å². The van der Waals surface area contributed by atoms with Crippen LogP contribution in [0.4, 0.5) is 5.82 Å². The second kappa shape index (κ2) is 8.10. The van der Waals surface area contributed by atoms with E-state index >= 15 is 0 Å².